The third-order valence-corrected chi connectivity index (χ3v) is 4.26. The molecule has 6 heteroatoms. The number of rotatable bonds is 3. The van der Waals surface area contributed by atoms with Gasteiger partial charge in [0.05, 0.1) is 10.9 Å². The van der Waals surface area contributed by atoms with E-state index in [4.69, 9.17) is 16.1 Å². The van der Waals surface area contributed by atoms with Crippen LogP contribution in [0, 0.1) is 6.92 Å². The standard InChI is InChI=1S/C11H12ClN3OS/c1-6-14-11(15-16-6)5-13-8-2-3-9-7(8)4-10(12)17-9/h4,8,13H,2-3,5H2,1H3. The second kappa shape index (κ2) is 4.40. The van der Waals surface area contributed by atoms with Gasteiger partial charge in [0.15, 0.2) is 5.82 Å². The van der Waals surface area contributed by atoms with Crippen molar-refractivity contribution in [1.82, 2.24) is 15.5 Å². The topological polar surface area (TPSA) is 51.0 Å². The van der Waals surface area contributed by atoms with Crippen LogP contribution < -0.4 is 5.32 Å². The summed E-state index contributed by atoms with van der Waals surface area (Å²) in [5.74, 6) is 1.31. The molecular weight excluding hydrogens is 258 g/mol. The first-order valence-electron chi connectivity index (χ1n) is 5.53. The molecule has 90 valence electrons. The van der Waals surface area contributed by atoms with Crippen molar-refractivity contribution in [1.29, 1.82) is 0 Å². The van der Waals surface area contributed by atoms with E-state index in [9.17, 15) is 0 Å². The van der Waals surface area contributed by atoms with E-state index in [0.717, 1.165) is 17.2 Å². The maximum absolute atomic E-state index is 6.02. The largest absolute Gasteiger partial charge is 0.340 e. The highest BCUT2D eigenvalue weighted by Gasteiger charge is 2.24. The molecule has 4 nitrogen and oxygen atoms in total. The second-order valence-corrected chi connectivity index (χ2v) is 5.90. The Morgan fingerprint density at radius 3 is 3.29 bits per heavy atom. The Labute approximate surface area is 108 Å². The first kappa shape index (κ1) is 11.2. The summed E-state index contributed by atoms with van der Waals surface area (Å²) < 4.78 is 5.81. The van der Waals surface area contributed by atoms with Crippen molar-refractivity contribution in [3.8, 4) is 0 Å². The van der Waals surface area contributed by atoms with E-state index in [0.29, 0.717) is 24.3 Å². The lowest BCUT2D eigenvalue weighted by molar-refractivity contribution is 0.383. The van der Waals surface area contributed by atoms with Crippen LogP contribution in [0.5, 0.6) is 0 Å². The van der Waals surface area contributed by atoms with E-state index in [1.165, 1.54) is 10.4 Å². The molecular formula is C11H12ClN3OS. The first-order chi connectivity index (χ1) is 8.22. The number of nitrogens with zero attached hydrogens (tertiary/aromatic N) is 2. The highest BCUT2D eigenvalue weighted by Crippen LogP contribution is 2.39. The predicted molar refractivity (Wildman–Crippen MR) is 66.3 cm³/mol. The molecule has 0 saturated heterocycles. The van der Waals surface area contributed by atoms with E-state index in [1.807, 2.05) is 0 Å². The third kappa shape index (κ3) is 2.22. The highest BCUT2D eigenvalue weighted by molar-refractivity contribution is 7.16. The molecule has 3 rings (SSSR count). The molecule has 0 bridgehead atoms. The normalized spacial score (nSPS) is 18.6. The van der Waals surface area contributed by atoms with Crippen molar-refractivity contribution >= 4 is 22.9 Å². The van der Waals surface area contributed by atoms with Crippen LogP contribution in [-0.2, 0) is 13.0 Å². The van der Waals surface area contributed by atoms with Crippen molar-refractivity contribution in [3.05, 3.63) is 32.6 Å². The van der Waals surface area contributed by atoms with Gasteiger partial charge in [0.2, 0.25) is 5.89 Å². The van der Waals surface area contributed by atoms with Gasteiger partial charge < -0.3 is 9.84 Å². The fourth-order valence-corrected chi connectivity index (χ4v) is 3.53. The van der Waals surface area contributed by atoms with Crippen LogP contribution in [0.3, 0.4) is 0 Å². The first-order valence-corrected chi connectivity index (χ1v) is 6.72. The number of hydrogen-bond acceptors (Lipinski definition) is 5. The summed E-state index contributed by atoms with van der Waals surface area (Å²) in [4.78, 5) is 5.57. The zero-order chi connectivity index (χ0) is 11.8. The number of fused-ring (bicyclic) bond motifs is 1. The molecule has 2 aromatic heterocycles. The van der Waals surface area contributed by atoms with Gasteiger partial charge in [0, 0.05) is 17.8 Å². The van der Waals surface area contributed by atoms with Gasteiger partial charge in [-0.3, -0.25) is 0 Å². The minimum Gasteiger partial charge on any atom is -0.340 e. The van der Waals surface area contributed by atoms with Crippen LogP contribution in [-0.4, -0.2) is 10.1 Å². The summed E-state index contributed by atoms with van der Waals surface area (Å²) in [5, 5.41) is 7.31. The highest BCUT2D eigenvalue weighted by atomic mass is 35.5. The van der Waals surface area contributed by atoms with E-state index in [1.54, 1.807) is 18.3 Å². The van der Waals surface area contributed by atoms with Crippen molar-refractivity contribution in [2.24, 2.45) is 0 Å². The molecule has 1 aliphatic rings. The van der Waals surface area contributed by atoms with Crippen molar-refractivity contribution in [2.45, 2.75) is 32.4 Å². The number of aryl methyl sites for hydroxylation is 2. The lowest BCUT2D eigenvalue weighted by Gasteiger charge is -2.10. The van der Waals surface area contributed by atoms with Crippen molar-refractivity contribution in [3.63, 3.8) is 0 Å². The molecule has 1 unspecified atom stereocenters. The van der Waals surface area contributed by atoms with Gasteiger partial charge >= 0.3 is 0 Å². The Kier molecular flexibility index (Phi) is 2.90. The lowest BCUT2D eigenvalue weighted by Crippen LogP contribution is -2.19. The second-order valence-electron chi connectivity index (χ2n) is 4.13. The van der Waals surface area contributed by atoms with E-state index in [2.05, 4.69) is 21.5 Å². The summed E-state index contributed by atoms with van der Waals surface area (Å²) in [6, 6.07) is 2.43. The Hall–Kier alpha value is -0.910. The summed E-state index contributed by atoms with van der Waals surface area (Å²) >= 11 is 7.70. The Balaban J connectivity index is 1.67. The number of thiophene rings is 1. The van der Waals surface area contributed by atoms with Crippen LogP contribution >= 0.6 is 22.9 Å². The quantitative estimate of drug-likeness (QED) is 0.931. The molecule has 1 aliphatic carbocycles. The van der Waals surface area contributed by atoms with Crippen LogP contribution in [0.2, 0.25) is 4.34 Å². The van der Waals surface area contributed by atoms with Crippen molar-refractivity contribution < 1.29 is 4.52 Å². The smallest absolute Gasteiger partial charge is 0.223 e. The molecule has 0 aromatic carbocycles. The number of hydrogen-bond donors (Lipinski definition) is 1. The van der Waals surface area contributed by atoms with Gasteiger partial charge in [-0.15, -0.1) is 11.3 Å². The molecule has 0 amide bonds. The zero-order valence-electron chi connectivity index (χ0n) is 9.36. The van der Waals surface area contributed by atoms with Gasteiger partial charge in [-0.25, -0.2) is 0 Å². The molecule has 0 radical (unpaired) electrons. The third-order valence-electron chi connectivity index (χ3n) is 2.92. The van der Waals surface area contributed by atoms with Gasteiger partial charge in [-0.1, -0.05) is 16.8 Å². The summed E-state index contributed by atoms with van der Waals surface area (Å²) in [6.45, 7) is 2.43. The van der Waals surface area contributed by atoms with E-state index < -0.39 is 0 Å². The molecule has 0 saturated carbocycles. The fourth-order valence-electron chi connectivity index (χ4n) is 2.17. The maximum atomic E-state index is 6.02. The summed E-state index contributed by atoms with van der Waals surface area (Å²) in [6.07, 6.45) is 2.23. The average molecular weight is 270 g/mol. The monoisotopic (exact) mass is 269 g/mol. The summed E-state index contributed by atoms with van der Waals surface area (Å²) in [7, 11) is 0. The minimum atomic E-state index is 0.368. The molecule has 0 aliphatic heterocycles. The van der Waals surface area contributed by atoms with E-state index >= 15 is 0 Å². The minimum absolute atomic E-state index is 0.368. The Bertz CT molecular complexity index is 537. The molecule has 17 heavy (non-hydrogen) atoms. The van der Waals surface area contributed by atoms with Gasteiger partial charge in [0.1, 0.15) is 0 Å². The molecule has 1 N–H and O–H groups in total. The lowest BCUT2D eigenvalue weighted by atomic mass is 10.2. The average Bonchev–Trinajstić information content (AvgIpc) is 2.92. The molecule has 0 fully saturated rings. The van der Waals surface area contributed by atoms with Crippen LogP contribution in [0.1, 0.15) is 34.6 Å². The van der Waals surface area contributed by atoms with Crippen LogP contribution in [0.4, 0.5) is 0 Å². The van der Waals surface area contributed by atoms with Crippen LogP contribution in [0.25, 0.3) is 0 Å². The van der Waals surface area contributed by atoms with E-state index in [-0.39, 0.29) is 0 Å². The Morgan fingerprint density at radius 1 is 1.65 bits per heavy atom. The predicted octanol–water partition coefficient (Wildman–Crippen LogP) is 2.87. The van der Waals surface area contributed by atoms with Gasteiger partial charge in [0.25, 0.3) is 0 Å². The number of aromatic nitrogens is 2. The zero-order valence-corrected chi connectivity index (χ0v) is 10.9. The van der Waals surface area contributed by atoms with Crippen LogP contribution in [0.15, 0.2) is 10.6 Å². The molecule has 0 spiro atoms. The number of nitrogens with one attached hydrogen (secondary N) is 1. The molecule has 2 heterocycles. The van der Waals surface area contributed by atoms with Gasteiger partial charge in [-0.05, 0) is 24.5 Å². The Morgan fingerprint density at radius 2 is 2.53 bits per heavy atom. The molecule has 1 atom stereocenters. The maximum Gasteiger partial charge on any atom is 0.223 e. The van der Waals surface area contributed by atoms with Crippen molar-refractivity contribution in [2.75, 3.05) is 0 Å². The number of halogens is 1. The SMILES string of the molecule is Cc1nc(CNC2CCc3sc(Cl)cc32)no1. The fraction of sp³-hybridized carbons (Fsp3) is 0.455. The molecule has 2 aromatic rings. The van der Waals surface area contributed by atoms with Gasteiger partial charge in [-0.2, -0.15) is 4.98 Å². The summed E-state index contributed by atoms with van der Waals surface area (Å²) in [5.41, 5.74) is 1.33.